The highest BCUT2D eigenvalue weighted by Gasteiger charge is 2.24. The first kappa shape index (κ1) is 21.7. The first-order valence-corrected chi connectivity index (χ1v) is 12.2. The van der Waals surface area contributed by atoms with Gasteiger partial charge in [0.1, 0.15) is 11.9 Å². The fraction of sp³-hybridized carbons (Fsp3) is 0.240. The minimum absolute atomic E-state index is 0.0362. The molecule has 1 atom stereocenters. The molecule has 1 saturated heterocycles. The van der Waals surface area contributed by atoms with Gasteiger partial charge in [-0.15, -0.1) is 0 Å². The maximum Gasteiger partial charge on any atom is 0.254 e. The molecule has 0 aliphatic carbocycles. The monoisotopic (exact) mass is 478 g/mol. The molecule has 1 aliphatic heterocycles. The number of likely N-dealkylation sites (tertiary alicyclic amines) is 1. The Balaban J connectivity index is 1.42. The van der Waals surface area contributed by atoms with Gasteiger partial charge >= 0.3 is 0 Å². The summed E-state index contributed by atoms with van der Waals surface area (Å²) < 4.78 is 0. The number of carbonyl (C=O) groups is 2. The fourth-order valence-corrected chi connectivity index (χ4v) is 5.09. The van der Waals surface area contributed by atoms with E-state index in [0.29, 0.717) is 22.0 Å². The zero-order chi connectivity index (χ0) is 22.9. The Kier molecular flexibility index (Phi) is 5.91. The van der Waals surface area contributed by atoms with Gasteiger partial charge in [0.05, 0.1) is 11.0 Å². The van der Waals surface area contributed by atoms with E-state index < -0.39 is 6.04 Å². The number of fused-ring (bicyclic) bond motifs is 1. The summed E-state index contributed by atoms with van der Waals surface area (Å²) in [6.45, 7) is 3.47. The molecule has 0 spiro atoms. The summed E-state index contributed by atoms with van der Waals surface area (Å²) in [5.74, 6) is 0.443. The van der Waals surface area contributed by atoms with Gasteiger partial charge < -0.3 is 15.2 Å². The van der Waals surface area contributed by atoms with Crippen molar-refractivity contribution in [3.63, 3.8) is 0 Å². The summed E-state index contributed by atoms with van der Waals surface area (Å²) in [6, 6.07) is 12.3. The van der Waals surface area contributed by atoms with Crippen molar-refractivity contribution in [2.24, 2.45) is 0 Å². The van der Waals surface area contributed by atoms with Gasteiger partial charge in [-0.25, -0.2) is 4.98 Å². The molecule has 168 valence electrons. The van der Waals surface area contributed by atoms with E-state index in [1.165, 1.54) is 0 Å². The summed E-state index contributed by atoms with van der Waals surface area (Å²) in [5.41, 5.74) is 4.49. The number of nitrogens with one attached hydrogen (secondary N) is 2. The molecule has 33 heavy (non-hydrogen) atoms. The smallest absolute Gasteiger partial charge is 0.254 e. The highest BCUT2D eigenvalue weighted by molar-refractivity contribution is 7.08. The molecule has 1 fully saturated rings. The van der Waals surface area contributed by atoms with Crippen LogP contribution in [-0.2, 0) is 0 Å². The molecule has 1 unspecified atom stereocenters. The average molecular weight is 479 g/mol. The third-order valence-electron chi connectivity index (χ3n) is 6.00. The zero-order valence-electron chi connectivity index (χ0n) is 18.1. The number of rotatable bonds is 5. The van der Waals surface area contributed by atoms with Crippen molar-refractivity contribution < 1.29 is 9.59 Å². The van der Waals surface area contributed by atoms with Crippen LogP contribution in [0.15, 0.2) is 53.2 Å². The normalized spacial score (nSPS) is 14.5. The number of aryl methyl sites for hydroxylation is 1. The van der Waals surface area contributed by atoms with E-state index in [1.54, 1.807) is 41.7 Å². The van der Waals surface area contributed by atoms with E-state index in [9.17, 15) is 9.59 Å². The molecule has 2 aromatic heterocycles. The molecule has 1 aliphatic rings. The van der Waals surface area contributed by atoms with Crippen molar-refractivity contribution in [2.75, 3.05) is 13.1 Å². The number of halogens is 1. The fourth-order valence-electron chi connectivity index (χ4n) is 4.23. The van der Waals surface area contributed by atoms with Gasteiger partial charge in [-0.05, 0) is 84.1 Å². The molecular formula is C25H23ClN4O2S. The quantitative estimate of drug-likeness (QED) is 0.406. The number of imidazole rings is 1. The number of thiophene rings is 1. The van der Waals surface area contributed by atoms with Gasteiger partial charge in [0.25, 0.3) is 11.8 Å². The Morgan fingerprint density at radius 3 is 2.70 bits per heavy atom. The number of aromatic nitrogens is 2. The number of carbonyl (C=O) groups excluding carboxylic acids is 2. The molecule has 0 radical (unpaired) electrons. The van der Waals surface area contributed by atoms with Crippen LogP contribution in [0.4, 0.5) is 0 Å². The lowest BCUT2D eigenvalue weighted by molar-refractivity contribution is 0.0791. The third-order valence-corrected chi connectivity index (χ3v) is 6.94. The second kappa shape index (κ2) is 9.00. The number of H-pyrrole nitrogens is 1. The first-order valence-electron chi connectivity index (χ1n) is 10.9. The van der Waals surface area contributed by atoms with E-state index in [2.05, 4.69) is 15.3 Å². The van der Waals surface area contributed by atoms with Crippen LogP contribution in [0.25, 0.3) is 11.0 Å². The lowest BCUT2D eigenvalue weighted by Crippen LogP contribution is -2.30. The van der Waals surface area contributed by atoms with E-state index in [-0.39, 0.29) is 11.8 Å². The summed E-state index contributed by atoms with van der Waals surface area (Å²) in [7, 11) is 0. The van der Waals surface area contributed by atoms with Crippen molar-refractivity contribution in [3.05, 3.63) is 86.3 Å². The standard InChI is InChI=1S/C25H23ClN4O2S/c1-15-12-16(4-6-19(15)25(32)30-9-2-3-10-30)24(31)29-22(17-8-11-33-14-17)23-27-20-7-5-18(26)13-21(20)28-23/h4-8,11-14,22H,2-3,9-10H2,1H3,(H,27,28)(H,29,31). The van der Waals surface area contributed by atoms with Gasteiger partial charge in [0, 0.05) is 29.2 Å². The van der Waals surface area contributed by atoms with Crippen molar-refractivity contribution >= 4 is 45.8 Å². The van der Waals surface area contributed by atoms with E-state index >= 15 is 0 Å². The van der Waals surface area contributed by atoms with E-state index in [4.69, 9.17) is 11.6 Å². The van der Waals surface area contributed by atoms with Gasteiger partial charge in [-0.3, -0.25) is 9.59 Å². The molecule has 0 bridgehead atoms. The molecule has 0 saturated carbocycles. The Morgan fingerprint density at radius 1 is 1.15 bits per heavy atom. The predicted octanol–water partition coefficient (Wildman–Crippen LogP) is 5.34. The van der Waals surface area contributed by atoms with Gasteiger partial charge in [-0.1, -0.05) is 11.6 Å². The van der Waals surface area contributed by atoms with Crippen LogP contribution in [0.5, 0.6) is 0 Å². The second-order valence-corrected chi connectivity index (χ2v) is 9.49. The molecule has 5 rings (SSSR count). The highest BCUT2D eigenvalue weighted by atomic mass is 35.5. The molecule has 3 heterocycles. The number of nitrogens with zero attached hydrogens (tertiary/aromatic N) is 2. The number of hydrogen-bond acceptors (Lipinski definition) is 4. The number of hydrogen-bond donors (Lipinski definition) is 2. The van der Waals surface area contributed by atoms with Gasteiger partial charge in [-0.2, -0.15) is 11.3 Å². The molecule has 2 N–H and O–H groups in total. The van der Waals surface area contributed by atoms with Gasteiger partial charge in [0.2, 0.25) is 0 Å². The third kappa shape index (κ3) is 4.38. The Labute approximate surface area is 200 Å². The van der Waals surface area contributed by atoms with Crippen molar-refractivity contribution in [1.82, 2.24) is 20.2 Å². The molecule has 4 aromatic rings. The van der Waals surface area contributed by atoms with Crippen LogP contribution >= 0.6 is 22.9 Å². The van der Waals surface area contributed by atoms with Crippen LogP contribution in [0.2, 0.25) is 5.02 Å². The Bertz CT molecular complexity index is 1330. The summed E-state index contributed by atoms with van der Waals surface area (Å²) in [5, 5.41) is 7.67. The number of aromatic amines is 1. The van der Waals surface area contributed by atoms with Crippen molar-refractivity contribution in [2.45, 2.75) is 25.8 Å². The Morgan fingerprint density at radius 2 is 1.97 bits per heavy atom. The SMILES string of the molecule is Cc1cc(C(=O)NC(c2ccsc2)c2nc3cc(Cl)ccc3[nH]2)ccc1C(=O)N1CCCC1. The van der Waals surface area contributed by atoms with E-state index in [1.807, 2.05) is 34.7 Å². The number of amides is 2. The molecule has 2 aromatic carbocycles. The summed E-state index contributed by atoms with van der Waals surface area (Å²) >= 11 is 7.67. The lowest BCUT2D eigenvalue weighted by Gasteiger charge is -2.18. The molecule has 2 amide bonds. The molecule has 6 nitrogen and oxygen atoms in total. The van der Waals surface area contributed by atoms with Crippen molar-refractivity contribution in [1.29, 1.82) is 0 Å². The predicted molar refractivity (Wildman–Crippen MR) is 131 cm³/mol. The maximum absolute atomic E-state index is 13.2. The van der Waals surface area contributed by atoms with Crippen molar-refractivity contribution in [3.8, 4) is 0 Å². The summed E-state index contributed by atoms with van der Waals surface area (Å²) in [4.78, 5) is 35.9. The largest absolute Gasteiger partial charge is 0.340 e. The van der Waals surface area contributed by atoms with Crippen LogP contribution in [0.3, 0.4) is 0 Å². The lowest BCUT2D eigenvalue weighted by atomic mass is 10.0. The van der Waals surface area contributed by atoms with Gasteiger partial charge in [0.15, 0.2) is 0 Å². The van der Waals surface area contributed by atoms with Crippen LogP contribution < -0.4 is 5.32 Å². The minimum atomic E-state index is -0.443. The van der Waals surface area contributed by atoms with Crippen LogP contribution in [0.1, 0.15) is 56.6 Å². The van der Waals surface area contributed by atoms with Crippen LogP contribution in [-0.4, -0.2) is 39.8 Å². The maximum atomic E-state index is 13.2. The zero-order valence-corrected chi connectivity index (χ0v) is 19.7. The second-order valence-electron chi connectivity index (χ2n) is 8.28. The first-order chi connectivity index (χ1) is 16.0. The number of benzene rings is 2. The molecule has 8 heteroatoms. The minimum Gasteiger partial charge on any atom is -0.340 e. The average Bonchev–Trinajstić information content (AvgIpc) is 3.58. The topological polar surface area (TPSA) is 78.1 Å². The highest BCUT2D eigenvalue weighted by Crippen LogP contribution is 2.26. The summed E-state index contributed by atoms with van der Waals surface area (Å²) in [6.07, 6.45) is 2.09. The van der Waals surface area contributed by atoms with E-state index in [0.717, 1.165) is 48.1 Å². The Hall–Kier alpha value is -3.16. The molecular weight excluding hydrogens is 456 g/mol. The van der Waals surface area contributed by atoms with Crippen LogP contribution in [0, 0.1) is 6.92 Å².